The summed E-state index contributed by atoms with van der Waals surface area (Å²) in [6.07, 6.45) is 5.72. The van der Waals surface area contributed by atoms with Crippen LogP contribution in [0.3, 0.4) is 0 Å². The van der Waals surface area contributed by atoms with E-state index in [1.54, 1.807) is 4.90 Å². The number of nitrogens with one attached hydrogen (secondary N) is 1. The molecule has 1 saturated carbocycles. The Morgan fingerprint density at radius 2 is 1.90 bits per heavy atom. The van der Waals surface area contributed by atoms with Gasteiger partial charge in [0.1, 0.15) is 0 Å². The smallest absolute Gasteiger partial charge is 0.317 e. The summed E-state index contributed by atoms with van der Waals surface area (Å²) in [5.41, 5.74) is 0. The monoisotopic (exact) mass is 301 g/mol. The zero-order valence-corrected chi connectivity index (χ0v) is 12.7. The largest absolute Gasteiger partial charge is 0.480 e. The normalized spacial score (nSPS) is 22.1. The van der Waals surface area contributed by atoms with Crippen molar-refractivity contribution >= 4 is 23.8 Å². The van der Waals surface area contributed by atoms with Gasteiger partial charge in [0, 0.05) is 37.5 Å². The predicted molar refractivity (Wildman–Crippen MR) is 79.1 cm³/mol. The average molecular weight is 301 g/mol. The molecule has 2 fully saturated rings. The van der Waals surface area contributed by atoms with Gasteiger partial charge in [-0.2, -0.15) is 11.8 Å². The van der Waals surface area contributed by atoms with Crippen LogP contribution in [0.25, 0.3) is 0 Å². The lowest BCUT2D eigenvalue weighted by Crippen LogP contribution is -2.55. The lowest BCUT2D eigenvalue weighted by atomic mass is 9.84. The molecule has 114 valence electrons. The van der Waals surface area contributed by atoms with Crippen LogP contribution in [0.5, 0.6) is 0 Å². The third-order valence-corrected chi connectivity index (χ3v) is 5.70. The zero-order valence-electron chi connectivity index (χ0n) is 11.9. The van der Waals surface area contributed by atoms with Crippen LogP contribution >= 0.6 is 11.8 Å². The fourth-order valence-electron chi connectivity index (χ4n) is 2.67. The van der Waals surface area contributed by atoms with E-state index in [1.165, 1.54) is 19.3 Å². The fourth-order valence-corrected chi connectivity index (χ4v) is 3.59. The summed E-state index contributed by atoms with van der Waals surface area (Å²) >= 11 is 1.85. The summed E-state index contributed by atoms with van der Waals surface area (Å²) in [5.74, 6) is -0.810. The number of urea groups is 1. The molecule has 0 unspecified atom stereocenters. The summed E-state index contributed by atoms with van der Waals surface area (Å²) in [4.78, 5) is 26.4. The molecular weight excluding hydrogens is 278 g/mol. The van der Waals surface area contributed by atoms with Gasteiger partial charge in [0.05, 0.1) is 6.54 Å². The third-order valence-electron chi connectivity index (χ3n) is 4.28. The molecule has 2 N–H and O–H groups in total. The molecule has 20 heavy (non-hydrogen) atoms. The molecule has 1 aliphatic carbocycles. The number of carboxylic acid groups (broad SMARTS) is 1. The third kappa shape index (κ3) is 3.79. The maximum absolute atomic E-state index is 12.1. The number of nitrogens with zero attached hydrogens (tertiary/aromatic N) is 2. The summed E-state index contributed by atoms with van der Waals surface area (Å²) in [6.45, 7) is 3.27. The van der Waals surface area contributed by atoms with Crippen LogP contribution in [0.15, 0.2) is 0 Å². The van der Waals surface area contributed by atoms with Gasteiger partial charge in [-0.05, 0) is 19.1 Å². The Morgan fingerprint density at radius 3 is 2.35 bits per heavy atom. The van der Waals surface area contributed by atoms with Crippen molar-refractivity contribution < 1.29 is 14.7 Å². The van der Waals surface area contributed by atoms with Crippen molar-refractivity contribution in [2.75, 3.05) is 45.5 Å². The number of hydrogen-bond donors (Lipinski definition) is 2. The summed E-state index contributed by atoms with van der Waals surface area (Å²) in [5, 5.41) is 11.8. The number of rotatable bonds is 5. The van der Waals surface area contributed by atoms with E-state index in [1.807, 2.05) is 16.7 Å². The lowest BCUT2D eigenvalue weighted by molar-refractivity contribution is -0.138. The number of carboxylic acids is 1. The molecule has 1 saturated heterocycles. The Kier molecular flexibility index (Phi) is 5.15. The van der Waals surface area contributed by atoms with Gasteiger partial charge >= 0.3 is 12.0 Å². The molecule has 0 atom stereocenters. The van der Waals surface area contributed by atoms with Crippen molar-refractivity contribution in [3.63, 3.8) is 0 Å². The molecule has 2 rings (SSSR count). The Balaban J connectivity index is 1.70. The Morgan fingerprint density at radius 1 is 1.25 bits per heavy atom. The second-order valence-corrected chi connectivity index (χ2v) is 6.83. The van der Waals surface area contributed by atoms with Gasteiger partial charge in [-0.15, -0.1) is 0 Å². The molecule has 0 spiro atoms. The van der Waals surface area contributed by atoms with Crippen LogP contribution in [0.4, 0.5) is 4.79 Å². The number of aliphatic carboxylic acids is 1. The van der Waals surface area contributed by atoms with Crippen molar-refractivity contribution in [3.8, 4) is 0 Å². The molecule has 0 aromatic heterocycles. The Labute approximate surface area is 123 Å². The maximum atomic E-state index is 12.1. The highest BCUT2D eigenvalue weighted by molar-refractivity contribution is 8.00. The van der Waals surface area contributed by atoms with Crippen LogP contribution in [0, 0.1) is 0 Å². The highest BCUT2D eigenvalue weighted by Gasteiger charge is 2.36. The molecule has 0 radical (unpaired) electrons. The van der Waals surface area contributed by atoms with Gasteiger partial charge in [-0.3, -0.25) is 9.69 Å². The lowest BCUT2D eigenvalue weighted by Gasteiger charge is -2.41. The molecule has 0 aromatic carbocycles. The molecule has 0 bridgehead atoms. The first-order valence-electron chi connectivity index (χ1n) is 7.07. The van der Waals surface area contributed by atoms with E-state index in [2.05, 4.69) is 11.6 Å². The molecule has 2 aliphatic rings. The average Bonchev–Trinajstić information content (AvgIpc) is 2.38. The molecular formula is C13H23N3O3S. The van der Waals surface area contributed by atoms with Crippen LogP contribution in [0.2, 0.25) is 0 Å². The summed E-state index contributed by atoms with van der Waals surface area (Å²) in [6, 6.07) is -0.0136. The van der Waals surface area contributed by atoms with E-state index in [-0.39, 0.29) is 17.3 Å². The second-order valence-electron chi connectivity index (χ2n) is 5.56. The molecule has 6 nitrogen and oxygen atoms in total. The van der Waals surface area contributed by atoms with Gasteiger partial charge in [0.2, 0.25) is 0 Å². The Hall–Kier alpha value is -0.950. The van der Waals surface area contributed by atoms with Gasteiger partial charge < -0.3 is 15.3 Å². The number of carbonyl (C=O) groups excluding carboxylic acids is 1. The molecule has 0 aromatic rings. The number of piperazine rings is 1. The van der Waals surface area contributed by atoms with E-state index < -0.39 is 5.97 Å². The van der Waals surface area contributed by atoms with Crippen molar-refractivity contribution in [2.45, 2.75) is 24.0 Å². The van der Waals surface area contributed by atoms with E-state index in [0.717, 1.165) is 6.54 Å². The van der Waals surface area contributed by atoms with Crippen LogP contribution in [-0.4, -0.2) is 77.2 Å². The Bertz CT molecular complexity index is 360. The highest BCUT2D eigenvalue weighted by Crippen LogP contribution is 2.42. The van der Waals surface area contributed by atoms with E-state index in [4.69, 9.17) is 5.11 Å². The minimum Gasteiger partial charge on any atom is -0.480 e. The van der Waals surface area contributed by atoms with Gasteiger partial charge in [-0.1, -0.05) is 6.42 Å². The first-order chi connectivity index (χ1) is 9.54. The minimum atomic E-state index is -0.810. The van der Waals surface area contributed by atoms with E-state index in [0.29, 0.717) is 26.2 Å². The quantitative estimate of drug-likeness (QED) is 0.781. The number of amides is 2. The highest BCUT2D eigenvalue weighted by atomic mass is 32.2. The number of thioether (sulfide) groups is 1. The number of hydrogen-bond acceptors (Lipinski definition) is 4. The van der Waals surface area contributed by atoms with Gasteiger partial charge in [0.15, 0.2) is 0 Å². The summed E-state index contributed by atoms with van der Waals surface area (Å²) < 4.78 is 0.251. The van der Waals surface area contributed by atoms with Crippen LogP contribution in [0.1, 0.15) is 19.3 Å². The molecule has 1 aliphatic heterocycles. The topological polar surface area (TPSA) is 72.9 Å². The first-order valence-corrected chi connectivity index (χ1v) is 8.29. The molecule has 2 amide bonds. The maximum Gasteiger partial charge on any atom is 0.317 e. The first kappa shape index (κ1) is 15.4. The van der Waals surface area contributed by atoms with Crippen molar-refractivity contribution in [1.29, 1.82) is 0 Å². The molecule has 7 heteroatoms. The van der Waals surface area contributed by atoms with E-state index >= 15 is 0 Å². The van der Waals surface area contributed by atoms with Crippen molar-refractivity contribution in [2.24, 2.45) is 0 Å². The van der Waals surface area contributed by atoms with Gasteiger partial charge in [-0.25, -0.2) is 4.79 Å². The summed E-state index contributed by atoms with van der Waals surface area (Å²) in [7, 11) is 0. The standard InChI is InChI=1S/C13H23N3O3S/c1-20-13(3-2-4-13)10-14-12(19)16-7-5-15(6-8-16)9-11(17)18/h2-10H2,1H3,(H,14,19)(H,17,18). The SMILES string of the molecule is CSC1(CNC(=O)N2CCN(CC(=O)O)CC2)CCC1. The van der Waals surface area contributed by atoms with Crippen LogP contribution in [-0.2, 0) is 4.79 Å². The van der Waals surface area contributed by atoms with Crippen molar-refractivity contribution in [1.82, 2.24) is 15.1 Å². The predicted octanol–water partition coefficient (Wildman–Crippen LogP) is 0.684. The second kappa shape index (κ2) is 6.67. The number of carbonyl (C=O) groups is 2. The van der Waals surface area contributed by atoms with Gasteiger partial charge in [0.25, 0.3) is 0 Å². The molecule has 1 heterocycles. The van der Waals surface area contributed by atoms with Crippen molar-refractivity contribution in [3.05, 3.63) is 0 Å². The fraction of sp³-hybridized carbons (Fsp3) is 0.846. The van der Waals surface area contributed by atoms with E-state index in [9.17, 15) is 9.59 Å². The minimum absolute atomic E-state index is 0.0136. The zero-order chi connectivity index (χ0) is 14.6. The van der Waals surface area contributed by atoms with Crippen LogP contribution < -0.4 is 5.32 Å².